The summed E-state index contributed by atoms with van der Waals surface area (Å²) in [5.41, 5.74) is 7.42. The second-order valence-electron chi connectivity index (χ2n) is 4.93. The average Bonchev–Trinajstić information content (AvgIpc) is 3.26. The van der Waals surface area contributed by atoms with E-state index in [1.54, 1.807) is 0 Å². The molecule has 0 atom stereocenters. The molecule has 0 unspecified atom stereocenters. The van der Waals surface area contributed by atoms with E-state index in [4.69, 9.17) is 17.3 Å². The molecule has 2 aromatic rings. The smallest absolute Gasteiger partial charge is 0.271 e. The van der Waals surface area contributed by atoms with Gasteiger partial charge in [0.2, 0.25) is 0 Å². The van der Waals surface area contributed by atoms with Crippen molar-refractivity contribution in [3.63, 3.8) is 0 Å². The predicted molar refractivity (Wildman–Crippen MR) is 79.9 cm³/mol. The Morgan fingerprint density at radius 1 is 1.40 bits per heavy atom. The second kappa shape index (κ2) is 5.17. The Labute approximate surface area is 121 Å². The quantitative estimate of drug-likeness (QED) is 0.846. The number of nitrogens with two attached hydrogens (primary N) is 1. The number of rotatable bonds is 4. The summed E-state index contributed by atoms with van der Waals surface area (Å²) in [5.74, 6) is 0.529. The lowest BCUT2D eigenvalue weighted by atomic mass is 10.1. The standard InChI is InChI=1S/C14H15ClN4O/c15-12-13(17-8-18-14(12)20)19(10-5-6-10)7-9-3-1-2-4-11(9)16/h1-4,8,10H,5-7,16H2,(H,17,18,20). The van der Waals surface area contributed by atoms with Crippen LogP contribution in [0.25, 0.3) is 0 Å². The molecule has 20 heavy (non-hydrogen) atoms. The van der Waals surface area contributed by atoms with Crippen molar-refractivity contribution in [2.24, 2.45) is 0 Å². The lowest BCUT2D eigenvalue weighted by Crippen LogP contribution is -2.28. The first-order valence-corrected chi connectivity index (χ1v) is 6.88. The average molecular weight is 291 g/mol. The zero-order chi connectivity index (χ0) is 14.1. The Morgan fingerprint density at radius 3 is 2.85 bits per heavy atom. The molecule has 0 spiro atoms. The molecule has 0 radical (unpaired) electrons. The van der Waals surface area contributed by atoms with Crippen LogP contribution in [0.5, 0.6) is 0 Å². The molecule has 0 bridgehead atoms. The molecule has 1 aromatic heterocycles. The first kappa shape index (κ1) is 13.0. The van der Waals surface area contributed by atoms with E-state index >= 15 is 0 Å². The molecule has 3 N–H and O–H groups in total. The van der Waals surface area contributed by atoms with Gasteiger partial charge in [-0.15, -0.1) is 0 Å². The van der Waals surface area contributed by atoms with Gasteiger partial charge in [0.05, 0.1) is 6.33 Å². The third kappa shape index (κ3) is 2.49. The molecule has 3 rings (SSSR count). The van der Waals surface area contributed by atoms with Crippen LogP contribution in [0.4, 0.5) is 11.5 Å². The fraction of sp³-hybridized carbons (Fsp3) is 0.286. The molecule has 1 heterocycles. The molecule has 6 heteroatoms. The largest absolute Gasteiger partial charge is 0.398 e. The van der Waals surface area contributed by atoms with Crippen molar-refractivity contribution >= 4 is 23.1 Å². The summed E-state index contributed by atoms with van der Waals surface area (Å²) < 4.78 is 0. The molecule has 0 aliphatic heterocycles. The summed E-state index contributed by atoms with van der Waals surface area (Å²) in [4.78, 5) is 20.4. The molecular weight excluding hydrogens is 276 g/mol. The molecule has 0 amide bonds. The number of benzene rings is 1. The van der Waals surface area contributed by atoms with E-state index in [1.807, 2.05) is 24.3 Å². The summed E-state index contributed by atoms with van der Waals surface area (Å²) >= 11 is 6.09. The lowest BCUT2D eigenvalue weighted by molar-refractivity contribution is 0.775. The third-order valence-corrected chi connectivity index (χ3v) is 3.77. The number of aromatic nitrogens is 2. The van der Waals surface area contributed by atoms with Crippen LogP contribution in [0.3, 0.4) is 0 Å². The molecule has 1 saturated carbocycles. The summed E-state index contributed by atoms with van der Waals surface area (Å²) in [6.45, 7) is 0.605. The van der Waals surface area contributed by atoms with Crippen LogP contribution in [0.2, 0.25) is 5.02 Å². The van der Waals surface area contributed by atoms with Crippen LogP contribution in [-0.2, 0) is 6.54 Å². The van der Waals surface area contributed by atoms with E-state index in [0.29, 0.717) is 18.4 Å². The number of para-hydroxylation sites is 1. The van der Waals surface area contributed by atoms with Crippen molar-refractivity contribution in [1.29, 1.82) is 0 Å². The molecule has 1 aliphatic rings. The Morgan fingerprint density at radius 2 is 2.15 bits per heavy atom. The van der Waals surface area contributed by atoms with Gasteiger partial charge in [-0.1, -0.05) is 29.8 Å². The maximum absolute atomic E-state index is 11.6. The summed E-state index contributed by atoms with van der Waals surface area (Å²) in [6, 6.07) is 8.07. The van der Waals surface area contributed by atoms with Crippen molar-refractivity contribution in [1.82, 2.24) is 9.97 Å². The number of H-pyrrole nitrogens is 1. The Kier molecular flexibility index (Phi) is 3.36. The van der Waals surface area contributed by atoms with Crippen LogP contribution in [-0.4, -0.2) is 16.0 Å². The number of anilines is 2. The van der Waals surface area contributed by atoms with Crippen LogP contribution in [0, 0.1) is 0 Å². The van der Waals surface area contributed by atoms with Gasteiger partial charge in [-0.25, -0.2) is 4.98 Å². The maximum atomic E-state index is 11.6. The van der Waals surface area contributed by atoms with Gasteiger partial charge in [-0.3, -0.25) is 4.79 Å². The van der Waals surface area contributed by atoms with Gasteiger partial charge in [0.25, 0.3) is 5.56 Å². The highest BCUT2D eigenvalue weighted by Gasteiger charge is 2.32. The van der Waals surface area contributed by atoms with Gasteiger partial charge in [-0.2, -0.15) is 0 Å². The first-order valence-electron chi connectivity index (χ1n) is 6.50. The Hall–Kier alpha value is -2.01. The maximum Gasteiger partial charge on any atom is 0.271 e. The number of hydrogen-bond donors (Lipinski definition) is 2. The van der Waals surface area contributed by atoms with Crippen LogP contribution in [0.15, 0.2) is 35.4 Å². The monoisotopic (exact) mass is 290 g/mol. The van der Waals surface area contributed by atoms with E-state index in [1.165, 1.54) is 6.33 Å². The molecule has 1 aliphatic carbocycles. The van der Waals surface area contributed by atoms with Gasteiger partial charge in [-0.05, 0) is 24.5 Å². The first-order chi connectivity index (χ1) is 9.66. The van der Waals surface area contributed by atoms with E-state index in [2.05, 4.69) is 14.9 Å². The highest BCUT2D eigenvalue weighted by molar-refractivity contribution is 6.32. The molecule has 0 saturated heterocycles. The number of nitrogens with zero attached hydrogens (tertiary/aromatic N) is 2. The van der Waals surface area contributed by atoms with Crippen molar-refractivity contribution in [3.8, 4) is 0 Å². The Balaban J connectivity index is 1.96. The van der Waals surface area contributed by atoms with Gasteiger partial charge in [0, 0.05) is 18.3 Å². The number of halogens is 1. The highest BCUT2D eigenvalue weighted by Crippen LogP contribution is 2.34. The third-order valence-electron chi connectivity index (χ3n) is 3.43. The van der Waals surface area contributed by atoms with Crippen molar-refractivity contribution < 1.29 is 0 Å². The zero-order valence-electron chi connectivity index (χ0n) is 10.8. The van der Waals surface area contributed by atoms with E-state index in [9.17, 15) is 4.79 Å². The van der Waals surface area contributed by atoms with E-state index in [-0.39, 0.29) is 10.6 Å². The molecule has 1 fully saturated rings. The summed E-state index contributed by atoms with van der Waals surface area (Å²) in [6.07, 6.45) is 3.54. The number of aromatic amines is 1. The van der Waals surface area contributed by atoms with E-state index in [0.717, 1.165) is 24.1 Å². The topological polar surface area (TPSA) is 75.0 Å². The van der Waals surface area contributed by atoms with Crippen molar-refractivity contribution in [2.75, 3.05) is 10.6 Å². The SMILES string of the molecule is Nc1ccccc1CN(c1nc[nH]c(=O)c1Cl)C1CC1. The second-order valence-corrected chi connectivity index (χ2v) is 5.31. The minimum atomic E-state index is -0.316. The Bertz CT molecular complexity index is 681. The minimum Gasteiger partial charge on any atom is -0.398 e. The van der Waals surface area contributed by atoms with Gasteiger partial charge in [0.1, 0.15) is 5.02 Å². The van der Waals surface area contributed by atoms with Gasteiger partial charge >= 0.3 is 0 Å². The normalized spacial score (nSPS) is 14.2. The number of nitrogens with one attached hydrogen (secondary N) is 1. The fourth-order valence-corrected chi connectivity index (χ4v) is 2.41. The molecule has 1 aromatic carbocycles. The van der Waals surface area contributed by atoms with Crippen LogP contribution < -0.4 is 16.2 Å². The van der Waals surface area contributed by atoms with Crippen LogP contribution in [0.1, 0.15) is 18.4 Å². The number of hydrogen-bond acceptors (Lipinski definition) is 4. The lowest BCUT2D eigenvalue weighted by Gasteiger charge is -2.24. The van der Waals surface area contributed by atoms with Crippen molar-refractivity contribution in [2.45, 2.75) is 25.4 Å². The zero-order valence-corrected chi connectivity index (χ0v) is 11.6. The molecule has 5 nitrogen and oxygen atoms in total. The summed E-state index contributed by atoms with van der Waals surface area (Å²) in [5, 5.41) is 0.133. The van der Waals surface area contributed by atoms with Crippen molar-refractivity contribution in [3.05, 3.63) is 51.5 Å². The fourth-order valence-electron chi connectivity index (χ4n) is 2.20. The minimum absolute atomic E-state index is 0.133. The van der Waals surface area contributed by atoms with Gasteiger partial charge in [0.15, 0.2) is 5.82 Å². The molecule has 104 valence electrons. The number of nitrogen functional groups attached to an aromatic ring is 1. The van der Waals surface area contributed by atoms with Crippen LogP contribution >= 0.6 is 11.6 Å². The van der Waals surface area contributed by atoms with E-state index < -0.39 is 0 Å². The summed E-state index contributed by atoms with van der Waals surface area (Å²) in [7, 11) is 0. The highest BCUT2D eigenvalue weighted by atomic mass is 35.5. The van der Waals surface area contributed by atoms with Gasteiger partial charge < -0.3 is 15.6 Å². The molecular formula is C14H15ClN4O. The predicted octanol–water partition coefficient (Wildman–Crippen LogP) is 2.17.